The van der Waals surface area contributed by atoms with Gasteiger partial charge in [0.25, 0.3) is 5.89 Å². The Hall–Kier alpha value is -2.57. The van der Waals surface area contributed by atoms with Crippen LogP contribution in [0.3, 0.4) is 0 Å². The summed E-state index contributed by atoms with van der Waals surface area (Å²) in [7, 11) is 0. The maximum atomic E-state index is 10.6. The van der Waals surface area contributed by atoms with Gasteiger partial charge >= 0.3 is 5.97 Å². The number of nitrogens with zero attached hydrogens (tertiary/aromatic N) is 2. The molecule has 1 aromatic heterocycles. The molecule has 24 heavy (non-hydrogen) atoms. The van der Waals surface area contributed by atoms with Gasteiger partial charge in [-0.25, -0.2) is 4.79 Å². The standard InChI is InChI=1S/C16H10Cl2N2O4/c17-10-4-5-12(13(18)7-10)15-19-16(24-20-15)9-2-1-3-11(6-9)23-8-14(21)22/h1-7H,8H2,(H,21,22). The Labute approximate surface area is 146 Å². The minimum atomic E-state index is -1.06. The molecule has 0 aliphatic heterocycles. The predicted octanol–water partition coefficient (Wildman–Crippen LogP) is 4.17. The van der Waals surface area contributed by atoms with Crippen molar-refractivity contribution in [3.8, 4) is 28.6 Å². The van der Waals surface area contributed by atoms with E-state index in [9.17, 15) is 4.79 Å². The van der Waals surface area contributed by atoms with E-state index in [4.69, 9.17) is 37.6 Å². The molecule has 0 spiro atoms. The van der Waals surface area contributed by atoms with Gasteiger partial charge in [0.1, 0.15) is 5.75 Å². The van der Waals surface area contributed by atoms with Gasteiger partial charge in [0, 0.05) is 16.1 Å². The van der Waals surface area contributed by atoms with Crippen molar-refractivity contribution in [1.82, 2.24) is 10.1 Å². The highest BCUT2D eigenvalue weighted by molar-refractivity contribution is 6.36. The fourth-order valence-corrected chi connectivity index (χ4v) is 2.48. The molecule has 6 nitrogen and oxygen atoms in total. The van der Waals surface area contributed by atoms with Gasteiger partial charge in [0.05, 0.1) is 5.02 Å². The van der Waals surface area contributed by atoms with Crippen LogP contribution in [0.2, 0.25) is 10.0 Å². The fourth-order valence-electron chi connectivity index (χ4n) is 1.98. The van der Waals surface area contributed by atoms with E-state index >= 15 is 0 Å². The van der Waals surface area contributed by atoms with Gasteiger partial charge in [-0.15, -0.1) is 0 Å². The zero-order chi connectivity index (χ0) is 17.1. The third kappa shape index (κ3) is 3.67. The normalized spacial score (nSPS) is 10.6. The minimum absolute atomic E-state index is 0.261. The molecule has 1 N–H and O–H groups in total. The van der Waals surface area contributed by atoms with Crippen LogP contribution in [-0.2, 0) is 4.79 Å². The molecule has 3 rings (SSSR count). The van der Waals surface area contributed by atoms with Crippen molar-refractivity contribution >= 4 is 29.2 Å². The quantitative estimate of drug-likeness (QED) is 0.730. The molecular formula is C16H10Cl2N2O4. The Morgan fingerprint density at radius 2 is 2.04 bits per heavy atom. The van der Waals surface area contributed by atoms with E-state index in [0.717, 1.165) is 0 Å². The number of halogens is 2. The van der Waals surface area contributed by atoms with Crippen molar-refractivity contribution in [2.75, 3.05) is 6.61 Å². The van der Waals surface area contributed by atoms with Crippen LogP contribution in [0.1, 0.15) is 0 Å². The Morgan fingerprint density at radius 1 is 1.21 bits per heavy atom. The Balaban J connectivity index is 1.88. The van der Waals surface area contributed by atoms with E-state index in [1.807, 2.05) is 0 Å². The van der Waals surface area contributed by atoms with Crippen molar-refractivity contribution in [2.45, 2.75) is 0 Å². The molecule has 0 atom stereocenters. The first-order valence-electron chi connectivity index (χ1n) is 6.77. The number of benzene rings is 2. The molecule has 2 aromatic carbocycles. The van der Waals surface area contributed by atoms with Crippen LogP contribution in [0.5, 0.6) is 5.75 Å². The third-order valence-corrected chi connectivity index (χ3v) is 3.59. The number of aliphatic carboxylic acids is 1. The molecule has 0 aliphatic rings. The molecule has 8 heteroatoms. The summed E-state index contributed by atoms with van der Waals surface area (Å²) in [5.74, 6) is -0.0858. The lowest BCUT2D eigenvalue weighted by atomic mass is 10.2. The molecule has 0 radical (unpaired) electrons. The molecule has 1 heterocycles. The summed E-state index contributed by atoms with van der Waals surface area (Å²) in [6.07, 6.45) is 0. The maximum absolute atomic E-state index is 10.6. The molecular weight excluding hydrogens is 355 g/mol. The summed E-state index contributed by atoms with van der Waals surface area (Å²) in [6.45, 7) is -0.432. The Kier molecular flexibility index (Phi) is 4.69. The van der Waals surface area contributed by atoms with Gasteiger partial charge in [-0.3, -0.25) is 0 Å². The van der Waals surface area contributed by atoms with E-state index < -0.39 is 12.6 Å². The first-order valence-corrected chi connectivity index (χ1v) is 7.52. The lowest BCUT2D eigenvalue weighted by molar-refractivity contribution is -0.139. The Morgan fingerprint density at radius 3 is 2.79 bits per heavy atom. The second-order valence-corrected chi connectivity index (χ2v) is 5.60. The van der Waals surface area contributed by atoms with Crippen LogP contribution in [0.15, 0.2) is 47.0 Å². The lowest BCUT2D eigenvalue weighted by Gasteiger charge is -2.03. The van der Waals surface area contributed by atoms with Gasteiger partial charge in [0.2, 0.25) is 5.82 Å². The van der Waals surface area contributed by atoms with Crippen molar-refractivity contribution < 1.29 is 19.2 Å². The number of aromatic nitrogens is 2. The molecule has 3 aromatic rings. The van der Waals surface area contributed by atoms with Gasteiger partial charge < -0.3 is 14.4 Å². The van der Waals surface area contributed by atoms with Gasteiger partial charge in [0.15, 0.2) is 6.61 Å². The number of hydrogen-bond donors (Lipinski definition) is 1. The SMILES string of the molecule is O=C(O)COc1cccc(-c2nc(-c3ccc(Cl)cc3Cl)no2)c1. The molecule has 0 unspecified atom stereocenters. The fraction of sp³-hybridized carbons (Fsp3) is 0.0625. The van der Waals surface area contributed by atoms with Crippen molar-refractivity contribution in [3.63, 3.8) is 0 Å². The summed E-state index contributed by atoms with van der Waals surface area (Å²) in [5, 5.41) is 13.5. The smallest absolute Gasteiger partial charge is 0.341 e. The predicted molar refractivity (Wildman–Crippen MR) is 88.3 cm³/mol. The van der Waals surface area contributed by atoms with Gasteiger partial charge in [-0.2, -0.15) is 4.98 Å². The maximum Gasteiger partial charge on any atom is 0.341 e. The number of carboxylic acids is 1. The zero-order valence-corrected chi connectivity index (χ0v) is 13.6. The summed E-state index contributed by atoms with van der Waals surface area (Å²) < 4.78 is 10.4. The summed E-state index contributed by atoms with van der Waals surface area (Å²) in [6, 6.07) is 11.7. The average molecular weight is 365 g/mol. The molecule has 122 valence electrons. The largest absolute Gasteiger partial charge is 0.482 e. The van der Waals surface area contributed by atoms with Crippen LogP contribution >= 0.6 is 23.2 Å². The highest BCUT2D eigenvalue weighted by Crippen LogP contribution is 2.30. The number of carboxylic acid groups (broad SMARTS) is 1. The van der Waals surface area contributed by atoms with Crippen molar-refractivity contribution in [2.24, 2.45) is 0 Å². The van der Waals surface area contributed by atoms with E-state index in [1.165, 1.54) is 0 Å². The van der Waals surface area contributed by atoms with Gasteiger partial charge in [-0.05, 0) is 36.4 Å². The van der Waals surface area contributed by atoms with Crippen LogP contribution in [0.4, 0.5) is 0 Å². The topological polar surface area (TPSA) is 85.5 Å². The van der Waals surface area contributed by atoms with Crippen LogP contribution in [0, 0.1) is 0 Å². The molecule has 0 amide bonds. The summed E-state index contributed by atoms with van der Waals surface area (Å²) in [4.78, 5) is 14.9. The van der Waals surface area contributed by atoms with E-state index in [2.05, 4.69) is 10.1 Å². The van der Waals surface area contributed by atoms with Crippen LogP contribution in [-0.4, -0.2) is 27.8 Å². The minimum Gasteiger partial charge on any atom is -0.482 e. The molecule has 0 saturated carbocycles. The zero-order valence-electron chi connectivity index (χ0n) is 12.1. The highest BCUT2D eigenvalue weighted by Gasteiger charge is 2.14. The average Bonchev–Trinajstić information content (AvgIpc) is 3.03. The molecule has 0 aliphatic carbocycles. The molecule has 0 fully saturated rings. The second kappa shape index (κ2) is 6.90. The number of carbonyl (C=O) groups is 1. The number of hydrogen-bond acceptors (Lipinski definition) is 5. The van der Waals surface area contributed by atoms with Gasteiger partial charge in [-0.1, -0.05) is 34.4 Å². The van der Waals surface area contributed by atoms with Crippen LogP contribution < -0.4 is 4.74 Å². The third-order valence-electron chi connectivity index (χ3n) is 3.04. The first-order chi connectivity index (χ1) is 11.5. The van der Waals surface area contributed by atoms with E-state index in [-0.39, 0.29) is 5.89 Å². The first kappa shape index (κ1) is 16.3. The monoisotopic (exact) mass is 364 g/mol. The lowest BCUT2D eigenvalue weighted by Crippen LogP contribution is -2.09. The highest BCUT2D eigenvalue weighted by atomic mass is 35.5. The van der Waals surface area contributed by atoms with Crippen LogP contribution in [0.25, 0.3) is 22.8 Å². The summed E-state index contributed by atoms with van der Waals surface area (Å²) in [5.41, 5.74) is 1.19. The summed E-state index contributed by atoms with van der Waals surface area (Å²) >= 11 is 12.0. The van der Waals surface area contributed by atoms with E-state index in [0.29, 0.717) is 32.7 Å². The van der Waals surface area contributed by atoms with Crippen molar-refractivity contribution in [3.05, 3.63) is 52.5 Å². The molecule has 0 bridgehead atoms. The van der Waals surface area contributed by atoms with Crippen molar-refractivity contribution in [1.29, 1.82) is 0 Å². The van der Waals surface area contributed by atoms with E-state index in [1.54, 1.807) is 42.5 Å². The number of ether oxygens (including phenoxy) is 1. The second-order valence-electron chi connectivity index (χ2n) is 4.76. The Bertz CT molecular complexity index is 895. The molecule has 0 saturated heterocycles. The number of rotatable bonds is 5.